The molecule has 2 aromatic rings. The van der Waals surface area contributed by atoms with Gasteiger partial charge in [0.25, 0.3) is 6.29 Å². The second kappa shape index (κ2) is 20.1. The Hall–Kier alpha value is -5.48. The Bertz CT molecular complexity index is 1640. The van der Waals surface area contributed by atoms with Crippen LogP contribution in [0.4, 0.5) is 0 Å². The van der Waals surface area contributed by atoms with Crippen molar-refractivity contribution < 1.29 is 71.4 Å². The highest BCUT2D eigenvalue weighted by atomic mass is 16.8. The molecule has 2 aliphatic heterocycles. The van der Waals surface area contributed by atoms with Gasteiger partial charge in [0.05, 0.1) is 19.2 Å². The minimum Gasteiger partial charge on any atom is -0.497 e. The van der Waals surface area contributed by atoms with Crippen molar-refractivity contribution >= 4 is 35.6 Å². The van der Waals surface area contributed by atoms with Crippen LogP contribution >= 0.6 is 0 Å². The third kappa shape index (κ3) is 12.6. The molecule has 2 aliphatic rings. The highest BCUT2D eigenvalue weighted by Gasteiger charge is 2.53. The van der Waals surface area contributed by atoms with Gasteiger partial charge in [0.2, 0.25) is 6.10 Å². The fraction of sp³-hybridized carbons (Fsp3) is 0.474. The number of carbonyl (C=O) groups excluding carboxylic acids is 5. The molecule has 16 nitrogen and oxygen atoms in total. The fourth-order valence-corrected chi connectivity index (χ4v) is 5.53. The molecule has 0 radical (unpaired) electrons. The molecule has 292 valence electrons. The molecule has 0 aromatic heterocycles. The van der Waals surface area contributed by atoms with Crippen molar-refractivity contribution in [2.75, 3.05) is 20.3 Å². The van der Waals surface area contributed by atoms with E-state index in [0.717, 1.165) is 33.3 Å². The number of ether oxygens (including phenoxy) is 9. The molecule has 0 aliphatic carbocycles. The van der Waals surface area contributed by atoms with Crippen molar-refractivity contribution in [1.29, 1.82) is 0 Å². The summed E-state index contributed by atoms with van der Waals surface area (Å²) in [5.74, 6) is -2.30. The zero-order chi connectivity index (χ0) is 39.2. The van der Waals surface area contributed by atoms with Gasteiger partial charge in [-0.05, 0) is 49.2 Å². The minimum atomic E-state index is -1.51. The van der Waals surface area contributed by atoms with Crippen LogP contribution in [-0.2, 0) is 62.0 Å². The summed E-state index contributed by atoms with van der Waals surface area (Å²) in [5.41, 5.74) is 1.25. The molecule has 0 amide bonds. The number of hydrogen-bond acceptors (Lipinski definition) is 16. The highest BCUT2D eigenvalue weighted by molar-refractivity contribution is 5.85. The number of benzene rings is 2. The Labute approximate surface area is 312 Å². The molecule has 0 bridgehead atoms. The highest BCUT2D eigenvalue weighted by Crippen LogP contribution is 2.31. The summed E-state index contributed by atoms with van der Waals surface area (Å²) in [6.45, 7) is 5.54. The van der Waals surface area contributed by atoms with Crippen LogP contribution in [0.5, 0.6) is 11.5 Å². The van der Waals surface area contributed by atoms with Gasteiger partial charge in [-0.1, -0.05) is 41.6 Å². The topological polar surface area (TPSA) is 190 Å². The Balaban J connectivity index is 1.41. The molecule has 1 saturated heterocycles. The number of carbonyl (C=O) groups is 5. The molecule has 1 fully saturated rings. The number of nitrogens with zero attached hydrogens (tertiary/aromatic N) is 1. The minimum absolute atomic E-state index is 0.0912. The molecule has 0 saturated carbocycles. The lowest BCUT2D eigenvalue weighted by Gasteiger charge is -2.43. The van der Waals surface area contributed by atoms with E-state index in [4.69, 9.17) is 47.5 Å². The van der Waals surface area contributed by atoms with E-state index in [1.54, 1.807) is 38.3 Å². The lowest BCUT2D eigenvalue weighted by atomic mass is 9.98. The maximum atomic E-state index is 12.9. The van der Waals surface area contributed by atoms with E-state index >= 15 is 0 Å². The van der Waals surface area contributed by atoms with E-state index in [1.165, 1.54) is 0 Å². The van der Waals surface area contributed by atoms with Gasteiger partial charge in [-0.25, -0.2) is 0 Å². The first-order valence-corrected chi connectivity index (χ1v) is 17.2. The lowest BCUT2D eigenvalue weighted by molar-refractivity contribution is -0.308. The second-order valence-electron chi connectivity index (χ2n) is 12.3. The first-order valence-electron chi connectivity index (χ1n) is 17.2. The SMILES string of the molecule is COc1ccc(O[C@H]2C=C[C@@H](c3ccccc3)O[C@H]2COC(=O)CCC(C)=NO[C@@H]2O[C@H](COC(C)=O)[C@@H](OC(C)=O)[C@H](OC(C)=O)[C@@H]2OC(C)=O)cc1. The number of rotatable bonds is 16. The van der Waals surface area contributed by atoms with Crippen LogP contribution in [0, 0.1) is 0 Å². The van der Waals surface area contributed by atoms with Gasteiger partial charge in [0.1, 0.15) is 49.1 Å². The summed E-state index contributed by atoms with van der Waals surface area (Å²) in [7, 11) is 1.57. The lowest BCUT2D eigenvalue weighted by Crippen LogP contribution is -2.62. The van der Waals surface area contributed by atoms with Crippen molar-refractivity contribution in [2.45, 2.75) is 96.5 Å². The monoisotopic (exact) mass is 755 g/mol. The third-order valence-electron chi connectivity index (χ3n) is 7.98. The molecule has 2 heterocycles. The van der Waals surface area contributed by atoms with Crippen molar-refractivity contribution in [3.8, 4) is 11.5 Å². The van der Waals surface area contributed by atoms with Gasteiger partial charge in [-0.3, -0.25) is 24.0 Å². The smallest absolute Gasteiger partial charge is 0.306 e. The van der Waals surface area contributed by atoms with E-state index in [2.05, 4.69) is 5.16 Å². The predicted octanol–water partition coefficient (Wildman–Crippen LogP) is 3.94. The van der Waals surface area contributed by atoms with E-state index < -0.39 is 79.4 Å². The average Bonchev–Trinajstić information content (AvgIpc) is 3.14. The summed E-state index contributed by atoms with van der Waals surface area (Å²) in [6.07, 6.45) is -4.75. The van der Waals surface area contributed by atoms with E-state index in [9.17, 15) is 24.0 Å². The first kappa shape index (κ1) is 41.3. The zero-order valence-corrected chi connectivity index (χ0v) is 30.9. The largest absolute Gasteiger partial charge is 0.497 e. The maximum absolute atomic E-state index is 12.9. The number of hydrogen-bond donors (Lipinski definition) is 0. The third-order valence-corrected chi connectivity index (χ3v) is 7.98. The average molecular weight is 756 g/mol. The van der Waals surface area contributed by atoms with Crippen LogP contribution in [0.2, 0.25) is 0 Å². The molecule has 0 spiro atoms. The molecule has 54 heavy (non-hydrogen) atoms. The maximum Gasteiger partial charge on any atom is 0.306 e. The van der Waals surface area contributed by atoms with Crippen LogP contribution in [0.3, 0.4) is 0 Å². The van der Waals surface area contributed by atoms with Crippen LogP contribution in [0.15, 0.2) is 71.9 Å². The Morgan fingerprint density at radius 1 is 0.648 bits per heavy atom. The molecular weight excluding hydrogens is 710 g/mol. The molecule has 16 heteroatoms. The standard InChI is InChI=1S/C38H45NO15/c1-22(39-54-38-37(50-26(5)43)36(49-25(4)42)35(48-24(3)41)33(53-38)21-46-23(2)40)12-19-34(44)47-20-32-31(51-29-15-13-28(45-6)14-16-29)18-17-30(52-32)27-10-8-7-9-11-27/h7-11,13-18,30-33,35-38H,12,19-21H2,1-6H3/t30-,31-,32-,33+,35+,36-,37-,38-/m0/s1. The normalized spacial score (nSPS) is 25.0. The quantitative estimate of drug-likeness (QED) is 0.0787. The van der Waals surface area contributed by atoms with E-state index in [0.29, 0.717) is 17.2 Å². The van der Waals surface area contributed by atoms with Crippen LogP contribution < -0.4 is 9.47 Å². The van der Waals surface area contributed by atoms with Gasteiger partial charge in [-0.15, -0.1) is 0 Å². The number of oxime groups is 1. The summed E-state index contributed by atoms with van der Waals surface area (Å²) in [4.78, 5) is 66.2. The molecule has 0 N–H and O–H groups in total. The van der Waals surface area contributed by atoms with Crippen LogP contribution in [-0.4, -0.2) is 98.8 Å². The van der Waals surface area contributed by atoms with Crippen molar-refractivity contribution in [3.63, 3.8) is 0 Å². The first-order chi connectivity index (χ1) is 25.8. The van der Waals surface area contributed by atoms with Crippen LogP contribution in [0.25, 0.3) is 0 Å². The van der Waals surface area contributed by atoms with Crippen molar-refractivity contribution in [1.82, 2.24) is 0 Å². The predicted molar refractivity (Wildman–Crippen MR) is 187 cm³/mol. The van der Waals surface area contributed by atoms with Gasteiger partial charge in [0.15, 0.2) is 12.2 Å². The van der Waals surface area contributed by atoms with Gasteiger partial charge < -0.3 is 47.5 Å². The van der Waals surface area contributed by atoms with Gasteiger partial charge in [-0.2, -0.15) is 0 Å². The summed E-state index contributed by atoms with van der Waals surface area (Å²) < 4.78 is 50.4. The summed E-state index contributed by atoms with van der Waals surface area (Å²) >= 11 is 0. The summed E-state index contributed by atoms with van der Waals surface area (Å²) in [5, 5.41) is 4.05. The number of methoxy groups -OCH3 is 1. The molecule has 2 aromatic carbocycles. The van der Waals surface area contributed by atoms with Gasteiger partial charge >= 0.3 is 29.8 Å². The van der Waals surface area contributed by atoms with Crippen molar-refractivity contribution in [2.24, 2.45) is 5.16 Å². The molecular formula is C38H45NO15. The molecule has 0 unspecified atom stereocenters. The van der Waals surface area contributed by atoms with E-state index in [-0.39, 0.29) is 25.6 Å². The Morgan fingerprint density at radius 2 is 1.26 bits per heavy atom. The second-order valence-corrected chi connectivity index (χ2v) is 12.3. The van der Waals surface area contributed by atoms with E-state index in [1.807, 2.05) is 42.5 Å². The Kier molecular flexibility index (Phi) is 15.4. The number of esters is 5. The van der Waals surface area contributed by atoms with Crippen LogP contribution in [0.1, 0.15) is 59.1 Å². The zero-order valence-electron chi connectivity index (χ0n) is 30.9. The molecule has 4 rings (SSSR count). The molecule has 8 atom stereocenters. The summed E-state index contributed by atoms with van der Waals surface area (Å²) in [6, 6.07) is 16.7. The van der Waals surface area contributed by atoms with Gasteiger partial charge in [0, 0.05) is 27.7 Å². The Morgan fingerprint density at radius 3 is 1.89 bits per heavy atom. The van der Waals surface area contributed by atoms with Crippen molar-refractivity contribution in [3.05, 3.63) is 72.3 Å². The fourth-order valence-electron chi connectivity index (χ4n) is 5.53.